The number of carbonyl (C=O) groups is 1. The van der Waals surface area contributed by atoms with Crippen molar-refractivity contribution in [2.45, 2.75) is 31.6 Å². The van der Waals surface area contributed by atoms with E-state index in [-0.39, 0.29) is 12.8 Å². The molecule has 0 saturated heterocycles. The molecule has 3 aliphatic carbocycles. The third kappa shape index (κ3) is 1.47. The van der Waals surface area contributed by atoms with Crippen molar-refractivity contribution in [3.05, 3.63) is 10.1 Å². The molecule has 2 bridgehead atoms. The van der Waals surface area contributed by atoms with Crippen LogP contribution < -0.4 is 0 Å². The summed E-state index contributed by atoms with van der Waals surface area (Å²) in [5, 5.41) is 19.8. The Hall–Kier alpha value is -1.27. The molecule has 3 saturated carbocycles. The van der Waals surface area contributed by atoms with Crippen molar-refractivity contribution in [2.75, 3.05) is 6.54 Å². The van der Waals surface area contributed by atoms with Crippen LogP contribution >= 0.6 is 0 Å². The number of fused-ring (bicyclic) bond motifs is 1. The predicted octanol–water partition coefficient (Wildman–Crippen LogP) is 2.04. The second kappa shape index (κ2) is 3.64. The molecule has 5 atom stereocenters. The lowest BCUT2D eigenvalue weighted by Crippen LogP contribution is -2.63. The number of nitrogens with zero attached hydrogens (tertiary/aromatic N) is 1. The Bertz CT molecular complexity index is 429. The molecule has 0 aromatic carbocycles. The summed E-state index contributed by atoms with van der Waals surface area (Å²) in [7, 11) is 0. The third-order valence-corrected chi connectivity index (χ3v) is 5.60. The number of carboxylic acids is 1. The molecule has 106 valence electrons. The fourth-order valence-electron chi connectivity index (χ4n) is 5.04. The average Bonchev–Trinajstić information content (AvgIpc) is 2.46. The van der Waals surface area contributed by atoms with Gasteiger partial charge < -0.3 is 5.11 Å². The van der Waals surface area contributed by atoms with Crippen molar-refractivity contribution in [3.63, 3.8) is 0 Å². The molecule has 0 heterocycles. The van der Waals surface area contributed by atoms with Gasteiger partial charge in [0.1, 0.15) is 0 Å². The van der Waals surface area contributed by atoms with Crippen LogP contribution in [0.4, 0.5) is 8.78 Å². The SMILES string of the molecule is O=C(O)C[C@]1(C[N+](=O)[O-])[C@@H]2C[C@@H]3CC[C@H]1[C@H]2C3(F)F. The van der Waals surface area contributed by atoms with Crippen LogP contribution in [-0.4, -0.2) is 28.5 Å². The van der Waals surface area contributed by atoms with E-state index >= 15 is 0 Å². The van der Waals surface area contributed by atoms with Crippen LogP contribution in [0.15, 0.2) is 0 Å². The zero-order valence-corrected chi connectivity index (χ0v) is 10.2. The summed E-state index contributed by atoms with van der Waals surface area (Å²) in [5.41, 5.74) is -1.05. The molecule has 0 unspecified atom stereocenters. The van der Waals surface area contributed by atoms with Crippen molar-refractivity contribution in [1.29, 1.82) is 0 Å². The molecule has 3 fully saturated rings. The molecule has 0 aromatic heterocycles. The largest absolute Gasteiger partial charge is 0.481 e. The Balaban J connectivity index is 1.96. The van der Waals surface area contributed by atoms with E-state index in [0.717, 1.165) is 0 Å². The average molecular weight is 275 g/mol. The Morgan fingerprint density at radius 3 is 2.63 bits per heavy atom. The number of aliphatic carboxylic acids is 1. The van der Waals surface area contributed by atoms with Gasteiger partial charge in [0, 0.05) is 16.8 Å². The highest BCUT2D eigenvalue weighted by Gasteiger charge is 2.78. The maximum atomic E-state index is 14.0. The Morgan fingerprint density at radius 1 is 1.37 bits per heavy atom. The Kier molecular flexibility index (Phi) is 2.44. The molecule has 1 N–H and O–H groups in total. The van der Waals surface area contributed by atoms with Gasteiger partial charge in [-0.2, -0.15) is 0 Å². The lowest BCUT2D eigenvalue weighted by molar-refractivity contribution is -0.513. The molecule has 0 amide bonds. The van der Waals surface area contributed by atoms with Gasteiger partial charge in [0.25, 0.3) is 5.92 Å². The van der Waals surface area contributed by atoms with Crippen molar-refractivity contribution < 1.29 is 23.6 Å². The first kappa shape index (κ1) is 12.7. The van der Waals surface area contributed by atoms with Gasteiger partial charge >= 0.3 is 5.97 Å². The van der Waals surface area contributed by atoms with Crippen molar-refractivity contribution in [2.24, 2.45) is 29.1 Å². The van der Waals surface area contributed by atoms with Crippen LogP contribution in [0.2, 0.25) is 0 Å². The van der Waals surface area contributed by atoms with Gasteiger partial charge in [-0.15, -0.1) is 0 Å². The topological polar surface area (TPSA) is 80.4 Å². The summed E-state index contributed by atoms with van der Waals surface area (Å²) in [4.78, 5) is 21.3. The minimum Gasteiger partial charge on any atom is -0.481 e. The van der Waals surface area contributed by atoms with Crippen LogP contribution in [0, 0.1) is 39.2 Å². The molecular weight excluding hydrogens is 260 g/mol. The van der Waals surface area contributed by atoms with E-state index in [1.807, 2.05) is 0 Å². The molecule has 0 aliphatic heterocycles. The number of carboxylic acid groups (broad SMARTS) is 1. The standard InChI is InChI=1S/C12H15F2NO4/c13-12(14)6-1-2-7-10(12)8(3-6)11(7,4-9(16)17)5-15(18)19/h6-8,10H,1-5H2,(H,16,17)/t6-,7-,8+,10+,11+/m0/s1. The molecular formula is C12H15F2NO4. The number of rotatable bonds is 4. The zero-order valence-electron chi connectivity index (χ0n) is 10.2. The quantitative estimate of drug-likeness (QED) is 0.629. The third-order valence-electron chi connectivity index (χ3n) is 5.60. The minimum absolute atomic E-state index is 0.245. The molecule has 0 radical (unpaired) electrons. The first-order chi connectivity index (χ1) is 8.79. The monoisotopic (exact) mass is 275 g/mol. The lowest BCUT2D eigenvalue weighted by Gasteiger charge is -2.58. The molecule has 0 spiro atoms. The Morgan fingerprint density at radius 2 is 2.05 bits per heavy atom. The first-order valence-corrected chi connectivity index (χ1v) is 6.50. The molecule has 0 aromatic rings. The van der Waals surface area contributed by atoms with E-state index in [1.54, 1.807) is 0 Å². The van der Waals surface area contributed by atoms with Gasteiger partial charge in [-0.1, -0.05) is 0 Å². The second-order valence-corrected chi connectivity index (χ2v) is 6.22. The fourth-order valence-corrected chi connectivity index (χ4v) is 5.04. The van der Waals surface area contributed by atoms with E-state index in [4.69, 9.17) is 5.11 Å². The molecule has 5 nitrogen and oxygen atoms in total. The van der Waals surface area contributed by atoms with Gasteiger partial charge in [0.15, 0.2) is 0 Å². The number of halogens is 2. The lowest BCUT2D eigenvalue weighted by atomic mass is 9.44. The molecule has 7 heteroatoms. The summed E-state index contributed by atoms with van der Waals surface area (Å²) >= 11 is 0. The van der Waals surface area contributed by atoms with Crippen molar-refractivity contribution in [1.82, 2.24) is 0 Å². The smallest absolute Gasteiger partial charge is 0.304 e. The van der Waals surface area contributed by atoms with Gasteiger partial charge in [-0.25, -0.2) is 8.78 Å². The maximum Gasteiger partial charge on any atom is 0.304 e. The highest BCUT2D eigenvalue weighted by molar-refractivity contribution is 5.68. The summed E-state index contributed by atoms with van der Waals surface area (Å²) in [6.07, 6.45) is 0.754. The van der Waals surface area contributed by atoms with Crippen LogP contribution in [-0.2, 0) is 4.79 Å². The summed E-state index contributed by atoms with van der Waals surface area (Å²) in [6.45, 7) is -0.492. The normalized spacial score (nSPS) is 45.6. The van der Waals surface area contributed by atoms with Gasteiger partial charge in [0.05, 0.1) is 11.8 Å². The second-order valence-electron chi connectivity index (χ2n) is 6.22. The van der Waals surface area contributed by atoms with E-state index < -0.39 is 52.4 Å². The van der Waals surface area contributed by atoms with E-state index in [1.165, 1.54) is 0 Å². The van der Waals surface area contributed by atoms with Crippen molar-refractivity contribution >= 4 is 5.97 Å². The van der Waals surface area contributed by atoms with Crippen LogP contribution in [0.25, 0.3) is 0 Å². The maximum absolute atomic E-state index is 14.0. The van der Waals surface area contributed by atoms with Gasteiger partial charge in [0.2, 0.25) is 6.54 Å². The van der Waals surface area contributed by atoms with Crippen LogP contribution in [0.5, 0.6) is 0 Å². The Labute approximate surface area is 108 Å². The van der Waals surface area contributed by atoms with Gasteiger partial charge in [-0.3, -0.25) is 14.9 Å². The zero-order chi connectivity index (χ0) is 14.0. The highest BCUT2D eigenvalue weighted by atomic mass is 19.3. The number of nitro groups is 1. The van der Waals surface area contributed by atoms with Crippen LogP contribution in [0.3, 0.4) is 0 Å². The first-order valence-electron chi connectivity index (χ1n) is 6.50. The molecule has 3 aliphatic rings. The van der Waals surface area contributed by atoms with E-state index in [0.29, 0.717) is 12.8 Å². The van der Waals surface area contributed by atoms with Crippen LogP contribution in [0.1, 0.15) is 25.7 Å². The molecule has 19 heavy (non-hydrogen) atoms. The van der Waals surface area contributed by atoms with E-state index in [2.05, 4.69) is 0 Å². The number of alkyl halides is 2. The predicted molar refractivity (Wildman–Crippen MR) is 59.3 cm³/mol. The summed E-state index contributed by atoms with van der Waals surface area (Å²) in [5.74, 6) is -6.42. The number of hydrogen-bond acceptors (Lipinski definition) is 3. The van der Waals surface area contributed by atoms with E-state index in [9.17, 15) is 23.7 Å². The summed E-state index contributed by atoms with van der Waals surface area (Å²) in [6, 6.07) is 0. The van der Waals surface area contributed by atoms with Gasteiger partial charge in [-0.05, 0) is 31.1 Å². The van der Waals surface area contributed by atoms with Crippen molar-refractivity contribution in [3.8, 4) is 0 Å². The highest BCUT2D eigenvalue weighted by Crippen LogP contribution is 2.75. The minimum atomic E-state index is -2.76. The fraction of sp³-hybridized carbons (Fsp3) is 0.917. The number of hydrogen-bond donors (Lipinski definition) is 1. The summed E-state index contributed by atoms with van der Waals surface area (Å²) < 4.78 is 28.1. The molecule has 3 rings (SSSR count).